The van der Waals surface area contributed by atoms with E-state index < -0.39 is 0 Å². The van der Waals surface area contributed by atoms with Crippen molar-refractivity contribution in [2.45, 2.75) is 46.1 Å². The number of nitrogens with zero attached hydrogens (tertiary/aromatic N) is 1. The largest absolute Gasteiger partial charge is 0.441 e. The molecule has 0 bridgehead atoms. The van der Waals surface area contributed by atoms with E-state index >= 15 is 0 Å². The maximum atomic E-state index is 13.6. The lowest BCUT2D eigenvalue weighted by molar-refractivity contribution is 0.412. The lowest BCUT2D eigenvalue weighted by Gasteiger charge is -2.19. The molecule has 114 valence electrons. The summed E-state index contributed by atoms with van der Waals surface area (Å²) in [5.41, 5.74) is 1.48. The molecule has 0 aliphatic rings. The van der Waals surface area contributed by atoms with Gasteiger partial charge in [0.15, 0.2) is 11.7 Å². The molecule has 0 aliphatic carbocycles. The lowest BCUT2D eigenvalue weighted by Crippen LogP contribution is -2.36. The summed E-state index contributed by atoms with van der Waals surface area (Å²) >= 11 is 0. The second-order valence-electron chi connectivity index (χ2n) is 6.36. The Morgan fingerprint density at radius 1 is 1.29 bits per heavy atom. The third-order valence-corrected chi connectivity index (χ3v) is 3.23. The van der Waals surface area contributed by atoms with Gasteiger partial charge in [-0.3, -0.25) is 0 Å². The number of rotatable bonds is 5. The van der Waals surface area contributed by atoms with Crippen LogP contribution < -0.4 is 5.32 Å². The Kier molecular flexibility index (Phi) is 4.78. The Labute approximate surface area is 125 Å². The van der Waals surface area contributed by atoms with Crippen molar-refractivity contribution in [3.8, 4) is 11.3 Å². The number of halogens is 1. The predicted octanol–water partition coefficient (Wildman–Crippen LogP) is 4.11. The number of aromatic nitrogens is 1. The Morgan fingerprint density at radius 2 is 2.05 bits per heavy atom. The average molecular weight is 290 g/mol. The van der Waals surface area contributed by atoms with E-state index in [4.69, 9.17) is 4.42 Å². The van der Waals surface area contributed by atoms with Gasteiger partial charge in [-0.25, -0.2) is 9.37 Å². The van der Waals surface area contributed by atoms with Crippen LogP contribution in [0.5, 0.6) is 0 Å². The van der Waals surface area contributed by atoms with E-state index in [9.17, 15) is 4.39 Å². The zero-order chi connectivity index (χ0) is 15.5. The minimum Gasteiger partial charge on any atom is -0.441 e. The molecule has 1 N–H and O–H groups in total. The SMILES string of the molecule is Cc1ccc(-c2cnc(CCCNC(C)(C)C)o2)cc1F. The highest BCUT2D eigenvalue weighted by molar-refractivity contribution is 5.56. The first-order valence-electron chi connectivity index (χ1n) is 7.31. The van der Waals surface area contributed by atoms with Crippen molar-refractivity contribution in [1.29, 1.82) is 0 Å². The zero-order valence-electron chi connectivity index (χ0n) is 13.2. The van der Waals surface area contributed by atoms with Crippen LogP contribution in [0.2, 0.25) is 0 Å². The molecular formula is C17H23FN2O. The first kappa shape index (κ1) is 15.7. The van der Waals surface area contributed by atoms with Gasteiger partial charge < -0.3 is 9.73 Å². The van der Waals surface area contributed by atoms with Crippen LogP contribution in [0.15, 0.2) is 28.8 Å². The van der Waals surface area contributed by atoms with Crippen LogP contribution in [0, 0.1) is 12.7 Å². The summed E-state index contributed by atoms with van der Waals surface area (Å²) in [7, 11) is 0. The molecule has 3 nitrogen and oxygen atoms in total. The lowest BCUT2D eigenvalue weighted by atomic mass is 10.1. The topological polar surface area (TPSA) is 38.1 Å². The fourth-order valence-electron chi connectivity index (χ4n) is 2.01. The first-order valence-corrected chi connectivity index (χ1v) is 7.31. The predicted molar refractivity (Wildman–Crippen MR) is 82.7 cm³/mol. The number of hydrogen-bond acceptors (Lipinski definition) is 3. The van der Waals surface area contributed by atoms with E-state index in [1.165, 1.54) is 6.07 Å². The quantitative estimate of drug-likeness (QED) is 0.842. The zero-order valence-corrected chi connectivity index (χ0v) is 13.2. The summed E-state index contributed by atoms with van der Waals surface area (Å²) in [5.74, 6) is 1.09. The maximum Gasteiger partial charge on any atom is 0.194 e. The summed E-state index contributed by atoms with van der Waals surface area (Å²) < 4.78 is 19.3. The molecule has 0 unspecified atom stereocenters. The first-order chi connectivity index (χ1) is 9.85. The van der Waals surface area contributed by atoms with Crippen molar-refractivity contribution >= 4 is 0 Å². The third-order valence-electron chi connectivity index (χ3n) is 3.23. The molecule has 1 heterocycles. The van der Waals surface area contributed by atoms with Gasteiger partial charge >= 0.3 is 0 Å². The van der Waals surface area contributed by atoms with E-state index in [1.807, 2.05) is 6.07 Å². The normalized spacial score (nSPS) is 11.9. The molecule has 21 heavy (non-hydrogen) atoms. The Morgan fingerprint density at radius 3 is 2.71 bits per heavy atom. The Hall–Kier alpha value is -1.68. The van der Waals surface area contributed by atoms with Gasteiger partial charge in [0.1, 0.15) is 5.82 Å². The minimum atomic E-state index is -0.222. The second kappa shape index (κ2) is 6.39. The Bertz CT molecular complexity index is 599. The van der Waals surface area contributed by atoms with E-state index in [2.05, 4.69) is 31.1 Å². The molecule has 0 aliphatic heterocycles. The van der Waals surface area contributed by atoms with Gasteiger partial charge in [0.25, 0.3) is 0 Å². The molecule has 0 saturated heterocycles. The van der Waals surface area contributed by atoms with Crippen molar-refractivity contribution in [3.05, 3.63) is 41.7 Å². The standard InChI is InChI=1S/C17H23FN2O/c1-12-7-8-13(10-14(12)18)15-11-19-16(21-15)6-5-9-20-17(2,3)4/h7-8,10-11,20H,5-6,9H2,1-4H3. The third kappa shape index (κ3) is 4.67. The molecule has 2 aromatic rings. The number of benzene rings is 1. The summed E-state index contributed by atoms with van der Waals surface area (Å²) in [6.07, 6.45) is 3.40. The monoisotopic (exact) mass is 290 g/mol. The molecule has 0 saturated carbocycles. The van der Waals surface area contributed by atoms with Gasteiger partial charge in [0.05, 0.1) is 6.20 Å². The van der Waals surface area contributed by atoms with E-state index in [0.29, 0.717) is 17.2 Å². The minimum absolute atomic E-state index is 0.126. The van der Waals surface area contributed by atoms with Gasteiger partial charge in [-0.2, -0.15) is 0 Å². The molecule has 4 heteroatoms. The Balaban J connectivity index is 1.93. The number of nitrogens with one attached hydrogen (secondary N) is 1. The van der Waals surface area contributed by atoms with E-state index in [1.54, 1.807) is 19.2 Å². The molecule has 0 atom stereocenters. The van der Waals surface area contributed by atoms with Gasteiger partial charge in [0.2, 0.25) is 0 Å². The highest BCUT2D eigenvalue weighted by atomic mass is 19.1. The van der Waals surface area contributed by atoms with Crippen LogP contribution in [0.3, 0.4) is 0 Å². The number of aryl methyl sites for hydroxylation is 2. The van der Waals surface area contributed by atoms with E-state index in [-0.39, 0.29) is 11.4 Å². The van der Waals surface area contributed by atoms with Crippen LogP contribution in [-0.4, -0.2) is 17.1 Å². The summed E-state index contributed by atoms with van der Waals surface area (Å²) in [5, 5.41) is 3.43. The summed E-state index contributed by atoms with van der Waals surface area (Å²) in [6.45, 7) is 9.08. The van der Waals surface area contributed by atoms with Gasteiger partial charge in [-0.05, 0) is 52.3 Å². The van der Waals surface area contributed by atoms with Gasteiger partial charge in [-0.1, -0.05) is 12.1 Å². The molecule has 0 amide bonds. The van der Waals surface area contributed by atoms with Crippen molar-refractivity contribution in [2.24, 2.45) is 0 Å². The molecule has 0 spiro atoms. The molecule has 1 aromatic carbocycles. The second-order valence-corrected chi connectivity index (χ2v) is 6.36. The highest BCUT2D eigenvalue weighted by Gasteiger charge is 2.10. The van der Waals surface area contributed by atoms with Crippen LogP contribution in [-0.2, 0) is 6.42 Å². The van der Waals surface area contributed by atoms with Crippen LogP contribution in [0.25, 0.3) is 11.3 Å². The smallest absolute Gasteiger partial charge is 0.194 e. The fourth-order valence-corrected chi connectivity index (χ4v) is 2.01. The van der Waals surface area contributed by atoms with Crippen molar-refractivity contribution in [3.63, 3.8) is 0 Å². The average Bonchev–Trinajstić information content (AvgIpc) is 2.86. The van der Waals surface area contributed by atoms with Crippen LogP contribution >= 0.6 is 0 Å². The summed E-state index contributed by atoms with van der Waals surface area (Å²) in [6, 6.07) is 5.09. The fraction of sp³-hybridized carbons (Fsp3) is 0.471. The molecule has 0 radical (unpaired) electrons. The number of oxazole rings is 1. The van der Waals surface area contributed by atoms with Crippen LogP contribution in [0.4, 0.5) is 4.39 Å². The van der Waals surface area contributed by atoms with E-state index in [0.717, 1.165) is 24.9 Å². The van der Waals surface area contributed by atoms with Crippen LogP contribution in [0.1, 0.15) is 38.6 Å². The van der Waals surface area contributed by atoms with Crippen molar-refractivity contribution in [2.75, 3.05) is 6.54 Å². The van der Waals surface area contributed by atoms with Crippen molar-refractivity contribution in [1.82, 2.24) is 10.3 Å². The van der Waals surface area contributed by atoms with Crippen molar-refractivity contribution < 1.29 is 8.81 Å². The summed E-state index contributed by atoms with van der Waals surface area (Å²) in [4.78, 5) is 4.26. The highest BCUT2D eigenvalue weighted by Crippen LogP contribution is 2.23. The van der Waals surface area contributed by atoms with Gasteiger partial charge in [0, 0.05) is 17.5 Å². The maximum absolute atomic E-state index is 13.6. The molecular weight excluding hydrogens is 267 g/mol. The van der Waals surface area contributed by atoms with Gasteiger partial charge in [-0.15, -0.1) is 0 Å². The molecule has 0 fully saturated rings. The molecule has 2 rings (SSSR count). The number of hydrogen-bond donors (Lipinski definition) is 1. The molecule has 1 aromatic heterocycles.